The van der Waals surface area contributed by atoms with Crippen molar-refractivity contribution in [2.24, 2.45) is 11.8 Å². The summed E-state index contributed by atoms with van der Waals surface area (Å²) >= 11 is 0. The van der Waals surface area contributed by atoms with Crippen molar-refractivity contribution in [2.45, 2.75) is 30.3 Å². The summed E-state index contributed by atoms with van der Waals surface area (Å²) < 4.78 is 28.1. The average Bonchev–Trinajstić information content (AvgIpc) is 3.15. The van der Waals surface area contributed by atoms with Crippen molar-refractivity contribution in [2.75, 3.05) is 0 Å². The van der Waals surface area contributed by atoms with Crippen LogP contribution in [0.5, 0.6) is 0 Å². The standard InChI is InChI=1S/C18H17NO2S/c1-11-6-8-12(9-7-11)22(20,21)19-17-13-4-2-3-5-14(13)18(19)16-10-15(16)17/h2-9,15-18H,10H2,1H3/t15-,16+,17+,18-. The molecule has 4 atom stereocenters. The SMILES string of the molecule is Cc1ccc(S(=O)(=O)N2[C@@H]3c4ccccc4[C@H]2[C@@H]2C[C@@H]23)cc1. The summed E-state index contributed by atoms with van der Waals surface area (Å²) in [7, 11) is -3.43. The molecular formula is C18H17NO2S. The predicted octanol–water partition coefficient (Wildman–Crippen LogP) is 3.43. The molecule has 5 rings (SSSR count). The molecule has 0 radical (unpaired) electrons. The smallest absolute Gasteiger partial charge is 0.207 e. The van der Waals surface area contributed by atoms with Crippen LogP contribution in [0.3, 0.4) is 0 Å². The normalized spacial score (nSPS) is 31.9. The van der Waals surface area contributed by atoms with E-state index in [2.05, 4.69) is 12.1 Å². The molecule has 3 aliphatic rings. The van der Waals surface area contributed by atoms with Crippen molar-refractivity contribution >= 4 is 10.0 Å². The van der Waals surface area contributed by atoms with E-state index in [-0.39, 0.29) is 12.1 Å². The molecule has 2 aromatic rings. The molecule has 2 aliphatic heterocycles. The Morgan fingerprint density at radius 1 is 0.909 bits per heavy atom. The van der Waals surface area contributed by atoms with Gasteiger partial charge >= 0.3 is 0 Å². The monoisotopic (exact) mass is 311 g/mol. The van der Waals surface area contributed by atoms with Crippen LogP contribution in [-0.2, 0) is 10.0 Å². The minimum absolute atomic E-state index is 0.0532. The van der Waals surface area contributed by atoms with Gasteiger partial charge in [-0.3, -0.25) is 0 Å². The van der Waals surface area contributed by atoms with Crippen molar-refractivity contribution in [1.82, 2.24) is 4.31 Å². The molecule has 3 nitrogen and oxygen atoms in total. The highest BCUT2D eigenvalue weighted by atomic mass is 32.2. The van der Waals surface area contributed by atoms with Gasteiger partial charge in [0.1, 0.15) is 0 Å². The fourth-order valence-electron chi connectivity index (χ4n) is 4.43. The van der Waals surface area contributed by atoms with Gasteiger partial charge in [0.05, 0.1) is 17.0 Å². The Morgan fingerprint density at radius 2 is 1.45 bits per heavy atom. The van der Waals surface area contributed by atoms with Crippen LogP contribution in [0, 0.1) is 18.8 Å². The van der Waals surface area contributed by atoms with Crippen molar-refractivity contribution in [1.29, 1.82) is 0 Å². The second-order valence-electron chi connectivity index (χ2n) is 6.73. The fourth-order valence-corrected chi connectivity index (χ4v) is 6.29. The Kier molecular flexibility index (Phi) is 2.34. The topological polar surface area (TPSA) is 37.4 Å². The van der Waals surface area contributed by atoms with Crippen LogP contribution < -0.4 is 0 Å². The lowest BCUT2D eigenvalue weighted by atomic mass is 9.92. The Bertz CT molecular complexity index is 837. The first-order valence-electron chi connectivity index (χ1n) is 7.78. The van der Waals surface area contributed by atoms with Crippen LogP contribution in [-0.4, -0.2) is 12.7 Å². The molecule has 2 bridgehead atoms. The molecule has 2 fully saturated rings. The van der Waals surface area contributed by atoms with Gasteiger partial charge in [-0.05, 0) is 48.4 Å². The highest BCUT2D eigenvalue weighted by Gasteiger charge is 2.67. The van der Waals surface area contributed by atoms with Gasteiger partial charge in [-0.15, -0.1) is 0 Å². The van der Waals surface area contributed by atoms with E-state index in [1.165, 1.54) is 17.5 Å². The summed E-state index contributed by atoms with van der Waals surface area (Å²) in [5, 5.41) is 0. The summed E-state index contributed by atoms with van der Waals surface area (Å²) in [5.74, 6) is 1.06. The zero-order valence-corrected chi connectivity index (χ0v) is 13.1. The van der Waals surface area contributed by atoms with Gasteiger partial charge in [0, 0.05) is 0 Å². The summed E-state index contributed by atoms with van der Waals surface area (Å²) in [6.07, 6.45) is 1.17. The number of piperidine rings is 1. The molecule has 1 saturated carbocycles. The Balaban J connectivity index is 1.65. The zero-order valence-electron chi connectivity index (χ0n) is 12.3. The molecule has 22 heavy (non-hydrogen) atoms. The molecule has 0 amide bonds. The maximum atomic E-state index is 13.2. The number of hydrogen-bond donors (Lipinski definition) is 0. The summed E-state index contributed by atoms with van der Waals surface area (Å²) in [6.45, 7) is 1.97. The number of fused-ring (bicyclic) bond motifs is 8. The van der Waals surface area contributed by atoms with Crippen LogP contribution in [0.15, 0.2) is 53.4 Å². The average molecular weight is 311 g/mol. The molecular weight excluding hydrogens is 294 g/mol. The van der Waals surface area contributed by atoms with Gasteiger partial charge in [-0.1, -0.05) is 42.0 Å². The van der Waals surface area contributed by atoms with E-state index in [4.69, 9.17) is 0 Å². The first kappa shape index (κ1) is 12.9. The number of aryl methyl sites for hydroxylation is 1. The molecule has 0 aromatic heterocycles. The van der Waals surface area contributed by atoms with E-state index in [1.807, 2.05) is 31.2 Å². The third-order valence-corrected chi connectivity index (χ3v) is 7.36. The maximum absolute atomic E-state index is 13.2. The van der Waals surface area contributed by atoms with Crippen molar-refractivity contribution in [3.63, 3.8) is 0 Å². The quantitative estimate of drug-likeness (QED) is 0.852. The van der Waals surface area contributed by atoms with E-state index < -0.39 is 10.0 Å². The van der Waals surface area contributed by atoms with Crippen molar-refractivity contribution in [3.05, 3.63) is 65.2 Å². The molecule has 2 heterocycles. The van der Waals surface area contributed by atoms with E-state index in [9.17, 15) is 8.42 Å². The third kappa shape index (κ3) is 1.47. The van der Waals surface area contributed by atoms with E-state index in [1.54, 1.807) is 16.4 Å². The van der Waals surface area contributed by atoms with Crippen LogP contribution >= 0.6 is 0 Å². The number of rotatable bonds is 2. The lowest BCUT2D eigenvalue weighted by molar-refractivity contribution is 0.317. The summed E-state index contributed by atoms with van der Waals surface area (Å²) in [5.41, 5.74) is 3.53. The maximum Gasteiger partial charge on any atom is 0.244 e. The highest BCUT2D eigenvalue weighted by molar-refractivity contribution is 7.89. The molecule has 0 spiro atoms. The van der Waals surface area contributed by atoms with Crippen LogP contribution in [0.25, 0.3) is 0 Å². The summed E-state index contributed by atoms with van der Waals surface area (Å²) in [4.78, 5) is 0.419. The minimum Gasteiger partial charge on any atom is -0.207 e. The number of benzene rings is 2. The Morgan fingerprint density at radius 3 is 2.00 bits per heavy atom. The van der Waals surface area contributed by atoms with Crippen LogP contribution in [0.4, 0.5) is 0 Å². The minimum atomic E-state index is -3.43. The molecule has 112 valence electrons. The van der Waals surface area contributed by atoms with E-state index in [0.29, 0.717) is 16.7 Å². The predicted molar refractivity (Wildman–Crippen MR) is 83.7 cm³/mol. The van der Waals surface area contributed by atoms with E-state index >= 15 is 0 Å². The molecule has 0 unspecified atom stereocenters. The van der Waals surface area contributed by atoms with Crippen molar-refractivity contribution < 1.29 is 8.42 Å². The van der Waals surface area contributed by atoms with E-state index in [0.717, 1.165) is 5.56 Å². The molecule has 1 saturated heterocycles. The van der Waals surface area contributed by atoms with Crippen LogP contribution in [0.1, 0.15) is 35.2 Å². The van der Waals surface area contributed by atoms with Crippen LogP contribution in [0.2, 0.25) is 0 Å². The zero-order chi connectivity index (χ0) is 15.1. The second-order valence-corrected chi connectivity index (χ2v) is 8.57. The molecule has 0 N–H and O–H groups in total. The lowest BCUT2D eigenvalue weighted by Crippen LogP contribution is -2.30. The second kappa shape index (κ2) is 4.00. The van der Waals surface area contributed by atoms with Gasteiger partial charge in [-0.2, -0.15) is 4.31 Å². The molecule has 1 aliphatic carbocycles. The number of nitrogens with zero attached hydrogens (tertiary/aromatic N) is 1. The Hall–Kier alpha value is -1.65. The van der Waals surface area contributed by atoms with Gasteiger partial charge in [-0.25, -0.2) is 8.42 Å². The highest BCUT2D eigenvalue weighted by Crippen LogP contribution is 2.71. The van der Waals surface area contributed by atoms with Gasteiger partial charge < -0.3 is 0 Å². The third-order valence-electron chi connectivity index (χ3n) is 5.48. The summed E-state index contributed by atoms with van der Waals surface area (Å²) in [6, 6.07) is 15.6. The molecule has 2 aromatic carbocycles. The largest absolute Gasteiger partial charge is 0.244 e. The fraction of sp³-hybridized carbons (Fsp3) is 0.333. The number of sulfonamides is 1. The first-order valence-corrected chi connectivity index (χ1v) is 9.22. The lowest BCUT2D eigenvalue weighted by Gasteiger charge is -2.25. The Labute approximate surface area is 130 Å². The van der Waals surface area contributed by atoms with Crippen molar-refractivity contribution in [3.8, 4) is 0 Å². The van der Waals surface area contributed by atoms with Gasteiger partial charge in [0.25, 0.3) is 0 Å². The number of hydrogen-bond acceptors (Lipinski definition) is 2. The van der Waals surface area contributed by atoms with Gasteiger partial charge in [0.15, 0.2) is 0 Å². The molecule has 4 heteroatoms. The first-order chi connectivity index (χ1) is 10.6. The van der Waals surface area contributed by atoms with Gasteiger partial charge in [0.2, 0.25) is 10.0 Å².